The van der Waals surface area contributed by atoms with Crippen molar-refractivity contribution in [3.63, 3.8) is 0 Å². The van der Waals surface area contributed by atoms with E-state index in [-0.39, 0.29) is 5.54 Å². The maximum absolute atomic E-state index is 8.85. The van der Waals surface area contributed by atoms with Crippen LogP contribution in [0.4, 0.5) is 0 Å². The number of hydrogen-bond donors (Lipinski definition) is 0. The SMILES string of the molecule is CC(C)CN1CCCC(CC#N)C1(C)C. The fraction of sp³-hybridized carbons (Fsp3) is 0.923. The number of piperidine rings is 1. The number of rotatable bonds is 3. The number of nitrogens with zero attached hydrogens (tertiary/aromatic N) is 2. The van der Waals surface area contributed by atoms with E-state index in [9.17, 15) is 0 Å². The number of hydrogen-bond acceptors (Lipinski definition) is 2. The molecule has 2 heteroatoms. The summed E-state index contributed by atoms with van der Waals surface area (Å²) in [5, 5.41) is 8.85. The molecule has 0 N–H and O–H groups in total. The van der Waals surface area contributed by atoms with Gasteiger partial charge in [0.1, 0.15) is 0 Å². The first-order chi connectivity index (χ1) is 6.98. The van der Waals surface area contributed by atoms with Gasteiger partial charge in [-0.1, -0.05) is 13.8 Å². The van der Waals surface area contributed by atoms with Gasteiger partial charge in [-0.15, -0.1) is 0 Å². The number of nitriles is 1. The zero-order valence-electron chi connectivity index (χ0n) is 10.6. The van der Waals surface area contributed by atoms with Crippen molar-refractivity contribution in [2.24, 2.45) is 11.8 Å². The third kappa shape index (κ3) is 2.95. The Bertz CT molecular complexity index is 237. The van der Waals surface area contributed by atoms with Crippen LogP contribution in [0.3, 0.4) is 0 Å². The molecule has 1 rings (SSSR count). The van der Waals surface area contributed by atoms with Crippen LogP contribution in [0.2, 0.25) is 0 Å². The third-order valence-corrected chi connectivity index (χ3v) is 3.72. The first-order valence-corrected chi connectivity index (χ1v) is 6.10. The summed E-state index contributed by atoms with van der Waals surface area (Å²) in [4.78, 5) is 2.57. The van der Waals surface area contributed by atoms with Gasteiger partial charge >= 0.3 is 0 Å². The van der Waals surface area contributed by atoms with Gasteiger partial charge in [0.2, 0.25) is 0 Å². The summed E-state index contributed by atoms with van der Waals surface area (Å²) in [5.74, 6) is 1.26. The van der Waals surface area contributed by atoms with Crippen LogP contribution in [-0.4, -0.2) is 23.5 Å². The van der Waals surface area contributed by atoms with Gasteiger partial charge in [-0.2, -0.15) is 5.26 Å². The van der Waals surface area contributed by atoms with Gasteiger partial charge in [0.15, 0.2) is 0 Å². The highest BCUT2D eigenvalue weighted by Gasteiger charge is 2.38. The zero-order chi connectivity index (χ0) is 11.5. The van der Waals surface area contributed by atoms with Crippen LogP contribution in [0.15, 0.2) is 0 Å². The van der Waals surface area contributed by atoms with Gasteiger partial charge in [0.25, 0.3) is 0 Å². The fourth-order valence-corrected chi connectivity index (χ4v) is 2.66. The maximum Gasteiger partial charge on any atom is 0.0625 e. The van der Waals surface area contributed by atoms with E-state index in [1.165, 1.54) is 19.4 Å². The lowest BCUT2D eigenvalue weighted by Crippen LogP contribution is -2.54. The van der Waals surface area contributed by atoms with Crippen molar-refractivity contribution in [1.29, 1.82) is 5.26 Å². The summed E-state index contributed by atoms with van der Waals surface area (Å²) in [7, 11) is 0. The van der Waals surface area contributed by atoms with E-state index in [2.05, 4.69) is 38.7 Å². The van der Waals surface area contributed by atoms with Gasteiger partial charge < -0.3 is 0 Å². The van der Waals surface area contributed by atoms with E-state index in [4.69, 9.17) is 5.26 Å². The lowest BCUT2D eigenvalue weighted by atomic mass is 9.77. The van der Waals surface area contributed by atoms with E-state index in [0.29, 0.717) is 18.3 Å². The van der Waals surface area contributed by atoms with Gasteiger partial charge in [-0.05, 0) is 45.1 Å². The van der Waals surface area contributed by atoms with E-state index in [1.54, 1.807) is 0 Å². The minimum Gasteiger partial charge on any atom is -0.298 e. The smallest absolute Gasteiger partial charge is 0.0625 e. The Hall–Kier alpha value is -0.550. The van der Waals surface area contributed by atoms with Gasteiger partial charge in [-0.3, -0.25) is 4.90 Å². The van der Waals surface area contributed by atoms with Crippen LogP contribution in [-0.2, 0) is 0 Å². The molecule has 0 aromatic heterocycles. The molecule has 1 atom stereocenters. The Kier molecular flexibility index (Phi) is 4.16. The standard InChI is InChI=1S/C13H24N2/c1-11(2)10-15-9-5-6-12(7-8-14)13(15,3)4/h11-12H,5-7,9-10H2,1-4H3. The fourth-order valence-electron chi connectivity index (χ4n) is 2.66. The molecule has 0 radical (unpaired) electrons. The van der Waals surface area contributed by atoms with Gasteiger partial charge in [-0.25, -0.2) is 0 Å². The normalized spacial score (nSPS) is 26.5. The minimum absolute atomic E-state index is 0.207. The molecule has 0 amide bonds. The second-order valence-electron chi connectivity index (χ2n) is 5.69. The molecule has 0 aromatic rings. The first kappa shape index (κ1) is 12.5. The Morgan fingerprint density at radius 1 is 1.47 bits per heavy atom. The molecule has 1 fully saturated rings. The molecule has 0 bridgehead atoms. The topological polar surface area (TPSA) is 27.0 Å². The summed E-state index contributed by atoms with van der Waals surface area (Å²) in [6, 6.07) is 2.34. The number of likely N-dealkylation sites (tertiary alicyclic amines) is 1. The Morgan fingerprint density at radius 2 is 2.13 bits per heavy atom. The second kappa shape index (κ2) is 4.99. The molecule has 0 aromatic carbocycles. The highest BCUT2D eigenvalue weighted by molar-refractivity contribution is 4.96. The van der Waals surface area contributed by atoms with Crippen LogP contribution in [0, 0.1) is 23.2 Å². The van der Waals surface area contributed by atoms with Crippen molar-refractivity contribution in [2.45, 2.75) is 52.5 Å². The lowest BCUT2D eigenvalue weighted by Gasteiger charge is -2.48. The van der Waals surface area contributed by atoms with Crippen LogP contribution < -0.4 is 0 Å². The largest absolute Gasteiger partial charge is 0.298 e. The molecule has 15 heavy (non-hydrogen) atoms. The summed E-state index contributed by atoms with van der Waals surface area (Å²) < 4.78 is 0. The van der Waals surface area contributed by atoms with E-state index >= 15 is 0 Å². The van der Waals surface area contributed by atoms with E-state index < -0.39 is 0 Å². The Balaban J connectivity index is 2.68. The quantitative estimate of drug-likeness (QED) is 0.713. The summed E-state index contributed by atoms with van der Waals surface area (Å²) >= 11 is 0. The third-order valence-electron chi connectivity index (χ3n) is 3.72. The molecule has 1 saturated heterocycles. The van der Waals surface area contributed by atoms with Crippen LogP contribution in [0.25, 0.3) is 0 Å². The van der Waals surface area contributed by atoms with Crippen LogP contribution in [0.5, 0.6) is 0 Å². The summed E-state index contributed by atoms with van der Waals surface area (Å²) in [6.45, 7) is 11.5. The molecule has 0 aliphatic carbocycles. The average Bonchev–Trinajstić information content (AvgIpc) is 2.12. The molecule has 1 unspecified atom stereocenters. The monoisotopic (exact) mass is 208 g/mol. The van der Waals surface area contributed by atoms with Gasteiger partial charge in [0.05, 0.1) is 6.07 Å². The van der Waals surface area contributed by atoms with Gasteiger partial charge in [0, 0.05) is 18.5 Å². The average molecular weight is 208 g/mol. The molecule has 0 spiro atoms. The minimum atomic E-state index is 0.207. The molecule has 1 aliphatic rings. The van der Waals surface area contributed by atoms with Crippen molar-refractivity contribution in [3.05, 3.63) is 0 Å². The summed E-state index contributed by atoms with van der Waals surface area (Å²) in [5.41, 5.74) is 0.207. The highest BCUT2D eigenvalue weighted by atomic mass is 15.2. The molecule has 1 heterocycles. The second-order valence-corrected chi connectivity index (χ2v) is 5.69. The Morgan fingerprint density at radius 3 is 2.67 bits per heavy atom. The van der Waals surface area contributed by atoms with E-state index in [1.807, 2.05) is 0 Å². The molecule has 0 saturated carbocycles. The molecular weight excluding hydrogens is 184 g/mol. The van der Waals surface area contributed by atoms with Crippen molar-refractivity contribution < 1.29 is 0 Å². The molecule has 2 nitrogen and oxygen atoms in total. The van der Waals surface area contributed by atoms with Crippen LogP contribution in [0.1, 0.15) is 47.0 Å². The summed E-state index contributed by atoms with van der Waals surface area (Å²) in [6.07, 6.45) is 3.18. The Labute approximate surface area is 94.3 Å². The predicted octanol–water partition coefficient (Wildman–Crippen LogP) is 3.05. The van der Waals surface area contributed by atoms with Crippen LogP contribution >= 0.6 is 0 Å². The first-order valence-electron chi connectivity index (χ1n) is 6.10. The van der Waals surface area contributed by atoms with Crippen molar-refractivity contribution in [2.75, 3.05) is 13.1 Å². The van der Waals surface area contributed by atoms with E-state index in [0.717, 1.165) is 6.54 Å². The molecule has 1 aliphatic heterocycles. The highest BCUT2D eigenvalue weighted by Crippen LogP contribution is 2.35. The molecular formula is C13H24N2. The zero-order valence-corrected chi connectivity index (χ0v) is 10.6. The molecule has 86 valence electrons. The lowest BCUT2D eigenvalue weighted by molar-refractivity contribution is 0.0152. The van der Waals surface area contributed by atoms with Crippen molar-refractivity contribution in [3.8, 4) is 6.07 Å². The van der Waals surface area contributed by atoms with Crippen molar-refractivity contribution in [1.82, 2.24) is 4.90 Å². The van der Waals surface area contributed by atoms with Crippen molar-refractivity contribution >= 4 is 0 Å². The predicted molar refractivity (Wildman–Crippen MR) is 63.4 cm³/mol. The maximum atomic E-state index is 8.85.